The van der Waals surface area contributed by atoms with Crippen LogP contribution in [-0.2, 0) is 10.3 Å². The zero-order chi connectivity index (χ0) is 11.6. The summed E-state index contributed by atoms with van der Waals surface area (Å²) in [7, 11) is 0. The van der Waals surface area contributed by atoms with Crippen molar-refractivity contribution in [2.45, 2.75) is 51.3 Å². The van der Waals surface area contributed by atoms with E-state index in [1.54, 1.807) is 11.3 Å². The van der Waals surface area contributed by atoms with Crippen LogP contribution in [-0.4, -0.2) is 23.7 Å². The van der Waals surface area contributed by atoms with Crippen LogP contribution in [0.25, 0.3) is 0 Å². The Balaban J connectivity index is 2.10. The summed E-state index contributed by atoms with van der Waals surface area (Å²) < 4.78 is 5.59. The minimum absolute atomic E-state index is 0.0131. The van der Waals surface area contributed by atoms with E-state index in [0.717, 1.165) is 19.4 Å². The van der Waals surface area contributed by atoms with Gasteiger partial charge in [0.2, 0.25) is 0 Å². The lowest BCUT2D eigenvalue weighted by atomic mass is 9.97. The Hall–Kier alpha value is -0.450. The molecule has 1 N–H and O–H groups in total. The van der Waals surface area contributed by atoms with E-state index in [1.807, 2.05) is 11.6 Å². The highest BCUT2D eigenvalue weighted by molar-refractivity contribution is 7.09. The molecule has 3 atom stereocenters. The van der Waals surface area contributed by atoms with Crippen molar-refractivity contribution >= 4 is 11.3 Å². The van der Waals surface area contributed by atoms with Gasteiger partial charge >= 0.3 is 0 Å². The predicted molar refractivity (Wildman–Crippen MR) is 66.7 cm³/mol. The van der Waals surface area contributed by atoms with Crippen LogP contribution in [0.3, 0.4) is 0 Å². The largest absolute Gasteiger partial charge is 0.377 e. The van der Waals surface area contributed by atoms with Crippen molar-refractivity contribution in [2.75, 3.05) is 6.61 Å². The topological polar surface area (TPSA) is 34.1 Å². The first-order valence-corrected chi connectivity index (χ1v) is 6.83. The molecule has 4 heteroatoms. The van der Waals surface area contributed by atoms with Crippen molar-refractivity contribution in [3.05, 3.63) is 16.6 Å². The van der Waals surface area contributed by atoms with Crippen LogP contribution in [0.4, 0.5) is 0 Å². The van der Waals surface area contributed by atoms with Gasteiger partial charge in [-0.25, -0.2) is 4.98 Å². The average Bonchev–Trinajstić information content (AvgIpc) is 2.91. The Labute approximate surface area is 101 Å². The monoisotopic (exact) mass is 240 g/mol. The molecule has 2 heterocycles. The van der Waals surface area contributed by atoms with Crippen LogP contribution in [0.15, 0.2) is 11.6 Å². The maximum Gasteiger partial charge on any atom is 0.112 e. The number of thiazole rings is 1. The number of hydrogen-bond acceptors (Lipinski definition) is 4. The lowest BCUT2D eigenvalue weighted by molar-refractivity contribution is 0.105. The fraction of sp³-hybridized carbons (Fsp3) is 0.750. The van der Waals surface area contributed by atoms with Gasteiger partial charge in [0.1, 0.15) is 5.01 Å². The quantitative estimate of drug-likeness (QED) is 0.878. The molecule has 1 aromatic rings. The van der Waals surface area contributed by atoms with E-state index in [4.69, 9.17) is 4.74 Å². The van der Waals surface area contributed by atoms with Crippen LogP contribution in [0.2, 0.25) is 0 Å². The van der Waals surface area contributed by atoms with Crippen molar-refractivity contribution in [1.82, 2.24) is 10.3 Å². The molecule has 0 aromatic carbocycles. The lowest BCUT2D eigenvalue weighted by Crippen LogP contribution is -2.48. The summed E-state index contributed by atoms with van der Waals surface area (Å²) >= 11 is 1.72. The zero-order valence-corrected chi connectivity index (χ0v) is 11.0. The van der Waals surface area contributed by atoms with E-state index in [-0.39, 0.29) is 5.54 Å². The molecule has 90 valence electrons. The Morgan fingerprint density at radius 1 is 1.69 bits per heavy atom. The molecule has 0 spiro atoms. The zero-order valence-electron chi connectivity index (χ0n) is 10.2. The molecule has 1 aromatic heterocycles. The minimum atomic E-state index is -0.0131. The van der Waals surface area contributed by atoms with Gasteiger partial charge in [-0.3, -0.25) is 0 Å². The van der Waals surface area contributed by atoms with Crippen molar-refractivity contribution in [2.24, 2.45) is 0 Å². The van der Waals surface area contributed by atoms with Crippen molar-refractivity contribution in [3.63, 3.8) is 0 Å². The van der Waals surface area contributed by atoms with Gasteiger partial charge in [0, 0.05) is 24.2 Å². The average molecular weight is 240 g/mol. The van der Waals surface area contributed by atoms with E-state index in [9.17, 15) is 0 Å². The van der Waals surface area contributed by atoms with Gasteiger partial charge in [-0.1, -0.05) is 6.92 Å². The van der Waals surface area contributed by atoms with Crippen molar-refractivity contribution < 1.29 is 4.74 Å². The molecule has 1 saturated heterocycles. The molecule has 3 unspecified atom stereocenters. The number of ether oxygens (including phenoxy) is 1. The number of nitrogens with zero attached hydrogens (tertiary/aromatic N) is 1. The van der Waals surface area contributed by atoms with E-state index in [1.165, 1.54) is 5.01 Å². The Kier molecular flexibility index (Phi) is 3.62. The van der Waals surface area contributed by atoms with Crippen LogP contribution >= 0.6 is 11.3 Å². The third kappa shape index (κ3) is 2.29. The smallest absolute Gasteiger partial charge is 0.112 e. The van der Waals surface area contributed by atoms with E-state index < -0.39 is 0 Å². The van der Waals surface area contributed by atoms with Crippen molar-refractivity contribution in [3.8, 4) is 0 Å². The summed E-state index contributed by atoms with van der Waals surface area (Å²) in [4.78, 5) is 4.44. The molecular weight excluding hydrogens is 220 g/mol. The first-order chi connectivity index (χ1) is 7.65. The Bertz CT molecular complexity index is 328. The predicted octanol–water partition coefficient (Wildman–Crippen LogP) is 2.54. The second-order valence-electron chi connectivity index (χ2n) is 4.64. The summed E-state index contributed by atoms with van der Waals surface area (Å²) in [6.45, 7) is 7.45. The van der Waals surface area contributed by atoms with E-state index in [0.29, 0.717) is 12.1 Å². The Morgan fingerprint density at radius 3 is 3.00 bits per heavy atom. The van der Waals surface area contributed by atoms with E-state index >= 15 is 0 Å². The van der Waals surface area contributed by atoms with Crippen LogP contribution in [0.5, 0.6) is 0 Å². The molecule has 1 fully saturated rings. The molecule has 0 saturated carbocycles. The van der Waals surface area contributed by atoms with Gasteiger partial charge in [-0.05, 0) is 26.7 Å². The van der Waals surface area contributed by atoms with Crippen LogP contribution in [0.1, 0.15) is 38.6 Å². The number of hydrogen-bond donors (Lipinski definition) is 1. The molecular formula is C12H20N2OS. The summed E-state index contributed by atoms with van der Waals surface area (Å²) in [6.07, 6.45) is 4.33. The summed E-state index contributed by atoms with van der Waals surface area (Å²) in [5, 5.41) is 6.93. The summed E-state index contributed by atoms with van der Waals surface area (Å²) in [5.41, 5.74) is -0.0131. The standard InChI is InChI=1S/C12H20N2OS/c1-4-12(3,11-13-6-8-16-11)14-10-5-7-15-9(10)2/h6,8-10,14H,4-5,7H2,1-3H3. The fourth-order valence-corrected chi connectivity index (χ4v) is 2.98. The lowest BCUT2D eigenvalue weighted by Gasteiger charge is -2.32. The van der Waals surface area contributed by atoms with Crippen LogP contribution in [0, 0.1) is 0 Å². The van der Waals surface area contributed by atoms with Crippen molar-refractivity contribution in [1.29, 1.82) is 0 Å². The van der Waals surface area contributed by atoms with Gasteiger partial charge in [0.15, 0.2) is 0 Å². The fourth-order valence-electron chi connectivity index (χ4n) is 2.14. The summed E-state index contributed by atoms with van der Waals surface area (Å²) in [6, 6.07) is 0.453. The molecule has 2 rings (SSSR count). The van der Waals surface area contributed by atoms with Gasteiger partial charge in [-0.15, -0.1) is 11.3 Å². The molecule has 16 heavy (non-hydrogen) atoms. The maximum absolute atomic E-state index is 5.59. The molecule has 0 bridgehead atoms. The van der Waals surface area contributed by atoms with Gasteiger partial charge in [0.05, 0.1) is 11.6 Å². The Morgan fingerprint density at radius 2 is 2.50 bits per heavy atom. The molecule has 1 aliphatic heterocycles. The molecule has 0 amide bonds. The van der Waals surface area contributed by atoms with Gasteiger partial charge in [-0.2, -0.15) is 0 Å². The molecule has 3 nitrogen and oxygen atoms in total. The maximum atomic E-state index is 5.59. The highest BCUT2D eigenvalue weighted by atomic mass is 32.1. The van der Waals surface area contributed by atoms with Crippen LogP contribution < -0.4 is 5.32 Å². The third-order valence-electron chi connectivity index (χ3n) is 3.49. The van der Waals surface area contributed by atoms with E-state index in [2.05, 4.69) is 31.1 Å². The first kappa shape index (κ1) is 12.0. The SMILES string of the molecule is CCC(C)(NC1CCOC1C)c1nccs1. The highest BCUT2D eigenvalue weighted by Gasteiger charge is 2.34. The highest BCUT2D eigenvalue weighted by Crippen LogP contribution is 2.29. The number of nitrogens with one attached hydrogen (secondary N) is 1. The molecule has 0 aliphatic carbocycles. The molecule has 0 radical (unpaired) electrons. The van der Waals surface area contributed by atoms with Gasteiger partial charge < -0.3 is 10.1 Å². The number of rotatable bonds is 4. The second kappa shape index (κ2) is 4.82. The summed E-state index contributed by atoms with van der Waals surface area (Å²) in [5.74, 6) is 0. The number of aromatic nitrogens is 1. The van der Waals surface area contributed by atoms with Gasteiger partial charge in [0.25, 0.3) is 0 Å². The third-order valence-corrected chi connectivity index (χ3v) is 4.53. The molecule has 1 aliphatic rings. The second-order valence-corrected chi connectivity index (χ2v) is 5.53. The minimum Gasteiger partial charge on any atom is -0.377 e. The normalized spacial score (nSPS) is 29.2. The first-order valence-electron chi connectivity index (χ1n) is 5.95.